The first-order chi connectivity index (χ1) is 8.33. The maximum atomic E-state index is 11.5. The third kappa shape index (κ3) is 7.16. The van der Waals surface area contributed by atoms with Crippen molar-refractivity contribution in [3.8, 4) is 0 Å². The average molecular weight is 240 g/mol. The fraction of sp³-hybridized carbons (Fsp3) is 0.786. The summed E-state index contributed by atoms with van der Waals surface area (Å²) in [6.07, 6.45) is 9.73. The molecule has 0 heterocycles. The molecule has 3 nitrogen and oxygen atoms in total. The van der Waals surface area contributed by atoms with Crippen molar-refractivity contribution in [3.05, 3.63) is 11.8 Å². The number of carbonyl (C=O) groups excluding carboxylic acids is 1. The van der Waals surface area contributed by atoms with E-state index in [-0.39, 0.29) is 5.97 Å². The van der Waals surface area contributed by atoms with E-state index in [1.807, 2.05) is 6.08 Å². The second-order valence-corrected chi connectivity index (χ2v) is 4.46. The molecule has 0 fully saturated rings. The highest BCUT2D eigenvalue weighted by Gasteiger charge is 2.09. The van der Waals surface area contributed by atoms with E-state index in [2.05, 4.69) is 6.92 Å². The molecule has 3 heteroatoms. The van der Waals surface area contributed by atoms with Gasteiger partial charge >= 0.3 is 5.97 Å². The molecule has 0 aliphatic heterocycles. The van der Waals surface area contributed by atoms with Crippen molar-refractivity contribution in [3.63, 3.8) is 0 Å². The van der Waals surface area contributed by atoms with Crippen molar-refractivity contribution in [1.82, 2.24) is 0 Å². The fourth-order valence-electron chi connectivity index (χ4n) is 1.82. The van der Waals surface area contributed by atoms with Crippen LogP contribution in [0.25, 0.3) is 0 Å². The first-order valence-electron chi connectivity index (χ1n) is 6.80. The summed E-state index contributed by atoms with van der Waals surface area (Å²) in [4.78, 5) is 11.5. The number of hydrogen-bond acceptors (Lipinski definition) is 3. The Hall–Kier alpha value is -0.830. The Morgan fingerprint density at radius 1 is 1.29 bits per heavy atom. The number of ether oxygens (including phenoxy) is 2. The van der Waals surface area contributed by atoms with Gasteiger partial charge in [0.15, 0.2) is 0 Å². The smallest absolute Gasteiger partial charge is 0.310 e. The molecule has 0 saturated carbocycles. The van der Waals surface area contributed by atoms with Crippen LogP contribution in [0.2, 0.25) is 0 Å². The van der Waals surface area contributed by atoms with Crippen LogP contribution < -0.4 is 0 Å². The van der Waals surface area contributed by atoms with Crippen molar-refractivity contribution in [2.75, 3.05) is 13.2 Å². The largest absolute Gasteiger partial charge is 0.431 e. The van der Waals surface area contributed by atoms with E-state index in [9.17, 15) is 4.79 Å². The lowest BCUT2D eigenvalue weighted by atomic mass is 10.1. The third-order valence-corrected chi connectivity index (χ3v) is 2.76. The fourth-order valence-corrected chi connectivity index (χ4v) is 1.82. The maximum Gasteiger partial charge on any atom is 0.310 e. The molecule has 0 amide bonds. The van der Waals surface area contributed by atoms with Crippen molar-refractivity contribution >= 4 is 5.97 Å². The minimum Gasteiger partial charge on any atom is -0.431 e. The summed E-state index contributed by atoms with van der Waals surface area (Å²) in [5.74, 6) is 0.789. The normalized spacial score (nSPS) is 15.5. The zero-order chi connectivity index (χ0) is 12.3. The Balaban J connectivity index is 1.99. The molecule has 0 aromatic rings. The molecule has 1 aliphatic rings. The molecule has 98 valence electrons. The van der Waals surface area contributed by atoms with Gasteiger partial charge in [-0.25, -0.2) is 0 Å². The molecule has 0 atom stereocenters. The Kier molecular flexibility index (Phi) is 7.72. The summed E-state index contributed by atoms with van der Waals surface area (Å²) in [6.45, 7) is 3.66. The van der Waals surface area contributed by atoms with E-state index in [0.29, 0.717) is 6.42 Å². The molecular weight excluding hydrogens is 216 g/mol. The molecule has 0 saturated heterocycles. The van der Waals surface area contributed by atoms with Crippen LogP contribution in [0.5, 0.6) is 0 Å². The van der Waals surface area contributed by atoms with Crippen LogP contribution in [0.15, 0.2) is 11.8 Å². The molecule has 0 unspecified atom stereocenters. The second kappa shape index (κ2) is 9.23. The van der Waals surface area contributed by atoms with Gasteiger partial charge in [0.2, 0.25) is 0 Å². The quantitative estimate of drug-likeness (QED) is 0.480. The van der Waals surface area contributed by atoms with Crippen LogP contribution in [0.1, 0.15) is 58.3 Å². The molecular formula is C14H24O3. The van der Waals surface area contributed by atoms with E-state index in [4.69, 9.17) is 9.47 Å². The molecule has 0 bridgehead atoms. The summed E-state index contributed by atoms with van der Waals surface area (Å²) in [5, 5.41) is 0. The van der Waals surface area contributed by atoms with Gasteiger partial charge in [-0.1, -0.05) is 6.92 Å². The highest BCUT2D eigenvalue weighted by atomic mass is 16.5. The summed E-state index contributed by atoms with van der Waals surface area (Å²) in [6, 6.07) is 0. The standard InChI is InChI=1S/C14H24O3/c1-2-11-16-12-7-6-10-14(15)17-13-8-4-3-5-9-13/h8H,2-7,9-12H2,1H3. The molecule has 0 N–H and O–H groups in total. The predicted molar refractivity (Wildman–Crippen MR) is 67.6 cm³/mol. The summed E-state index contributed by atoms with van der Waals surface area (Å²) < 4.78 is 10.7. The van der Waals surface area contributed by atoms with Crippen LogP contribution in [0.4, 0.5) is 0 Å². The summed E-state index contributed by atoms with van der Waals surface area (Å²) in [5.41, 5.74) is 0. The molecule has 17 heavy (non-hydrogen) atoms. The van der Waals surface area contributed by atoms with Gasteiger partial charge in [0.1, 0.15) is 5.76 Å². The highest BCUT2D eigenvalue weighted by Crippen LogP contribution is 2.18. The maximum absolute atomic E-state index is 11.5. The SMILES string of the molecule is CCCOCCCCC(=O)OC1=CCCCC1. The number of rotatable bonds is 8. The topological polar surface area (TPSA) is 35.5 Å². The first-order valence-corrected chi connectivity index (χ1v) is 6.80. The number of esters is 1. The molecule has 0 aromatic carbocycles. The molecule has 0 aromatic heterocycles. The highest BCUT2D eigenvalue weighted by molar-refractivity contribution is 5.70. The van der Waals surface area contributed by atoms with Crippen LogP contribution >= 0.6 is 0 Å². The minimum absolute atomic E-state index is 0.0892. The van der Waals surface area contributed by atoms with E-state index < -0.39 is 0 Å². The lowest BCUT2D eigenvalue weighted by molar-refractivity contribution is -0.140. The summed E-state index contributed by atoms with van der Waals surface area (Å²) in [7, 11) is 0. The van der Waals surface area contributed by atoms with Gasteiger partial charge < -0.3 is 9.47 Å². The average Bonchev–Trinajstić information content (AvgIpc) is 2.35. The summed E-state index contributed by atoms with van der Waals surface area (Å²) >= 11 is 0. The third-order valence-electron chi connectivity index (χ3n) is 2.76. The molecule has 1 aliphatic carbocycles. The van der Waals surface area contributed by atoms with Gasteiger partial charge in [0.25, 0.3) is 0 Å². The van der Waals surface area contributed by atoms with Gasteiger partial charge in [-0.15, -0.1) is 0 Å². The molecule has 0 radical (unpaired) electrons. The monoisotopic (exact) mass is 240 g/mol. The van der Waals surface area contributed by atoms with Crippen molar-refractivity contribution in [2.24, 2.45) is 0 Å². The van der Waals surface area contributed by atoms with Gasteiger partial charge in [0, 0.05) is 26.1 Å². The predicted octanol–water partition coefficient (Wildman–Crippen LogP) is 3.58. The van der Waals surface area contributed by atoms with Crippen LogP contribution in [0.3, 0.4) is 0 Å². The van der Waals surface area contributed by atoms with Crippen LogP contribution in [-0.2, 0) is 14.3 Å². The van der Waals surface area contributed by atoms with Crippen LogP contribution in [0, 0.1) is 0 Å². The lowest BCUT2D eigenvalue weighted by Crippen LogP contribution is -2.07. The van der Waals surface area contributed by atoms with E-state index in [1.54, 1.807) is 0 Å². The zero-order valence-corrected chi connectivity index (χ0v) is 10.9. The Labute approximate surface area is 104 Å². The first kappa shape index (κ1) is 14.2. The van der Waals surface area contributed by atoms with Crippen molar-refractivity contribution in [2.45, 2.75) is 58.3 Å². The van der Waals surface area contributed by atoms with Gasteiger partial charge in [-0.2, -0.15) is 0 Å². The minimum atomic E-state index is -0.0892. The molecule has 1 rings (SSSR count). The number of hydrogen-bond donors (Lipinski definition) is 0. The Morgan fingerprint density at radius 2 is 2.18 bits per heavy atom. The Morgan fingerprint density at radius 3 is 2.88 bits per heavy atom. The van der Waals surface area contributed by atoms with Crippen molar-refractivity contribution < 1.29 is 14.3 Å². The van der Waals surface area contributed by atoms with Gasteiger partial charge in [-0.3, -0.25) is 4.79 Å². The van der Waals surface area contributed by atoms with Gasteiger partial charge in [0.05, 0.1) is 0 Å². The van der Waals surface area contributed by atoms with E-state index >= 15 is 0 Å². The number of carbonyl (C=O) groups is 1. The Bertz CT molecular complexity index is 246. The molecule has 0 spiro atoms. The number of unbranched alkanes of at least 4 members (excludes halogenated alkanes) is 1. The van der Waals surface area contributed by atoms with Crippen LogP contribution in [-0.4, -0.2) is 19.2 Å². The van der Waals surface area contributed by atoms with Crippen molar-refractivity contribution in [1.29, 1.82) is 0 Å². The van der Waals surface area contributed by atoms with E-state index in [1.165, 1.54) is 6.42 Å². The lowest BCUT2D eigenvalue weighted by Gasteiger charge is -2.12. The van der Waals surface area contributed by atoms with E-state index in [0.717, 1.165) is 57.5 Å². The zero-order valence-electron chi connectivity index (χ0n) is 10.9. The van der Waals surface area contributed by atoms with Gasteiger partial charge in [-0.05, 0) is 44.6 Å². The second-order valence-electron chi connectivity index (χ2n) is 4.46. The number of allylic oxidation sites excluding steroid dienone is 2.